The number of urea groups is 1. The molecule has 1 N–H and O–H groups in total. The van der Waals surface area contributed by atoms with Crippen molar-refractivity contribution in [1.82, 2.24) is 19.7 Å². The van der Waals surface area contributed by atoms with Gasteiger partial charge in [0.25, 0.3) is 6.43 Å². The minimum Gasteiger partial charge on any atom is -0.314 e. The SMILES string of the molecule is CC1Cn2ncc(N3CC4(CCCC4)CC3=O)c2CN1C(=O)Nc1ccnc(C(F)F)c1. The van der Waals surface area contributed by atoms with E-state index in [1.54, 1.807) is 11.1 Å². The van der Waals surface area contributed by atoms with Gasteiger partial charge in [0.05, 0.1) is 36.7 Å². The number of hydrogen-bond acceptors (Lipinski definition) is 4. The van der Waals surface area contributed by atoms with Crippen molar-refractivity contribution in [2.75, 3.05) is 16.8 Å². The van der Waals surface area contributed by atoms with Crippen LogP contribution in [-0.4, -0.2) is 44.2 Å². The summed E-state index contributed by atoms with van der Waals surface area (Å²) in [6.07, 6.45) is 5.34. The molecule has 4 heterocycles. The Morgan fingerprint density at radius 1 is 1.31 bits per heavy atom. The highest BCUT2D eigenvalue weighted by Crippen LogP contribution is 2.47. The van der Waals surface area contributed by atoms with Crippen LogP contribution in [0.2, 0.25) is 0 Å². The van der Waals surface area contributed by atoms with Crippen molar-refractivity contribution in [2.24, 2.45) is 5.41 Å². The van der Waals surface area contributed by atoms with E-state index in [-0.39, 0.29) is 41.3 Å². The Labute approximate surface area is 184 Å². The predicted octanol–water partition coefficient (Wildman–Crippen LogP) is 3.95. The maximum Gasteiger partial charge on any atom is 0.322 e. The molecule has 1 saturated heterocycles. The highest BCUT2D eigenvalue weighted by atomic mass is 19.3. The Balaban J connectivity index is 1.35. The molecule has 0 radical (unpaired) electrons. The largest absolute Gasteiger partial charge is 0.322 e. The Hall–Kier alpha value is -3.04. The number of anilines is 2. The number of halogens is 2. The number of carbonyl (C=O) groups excluding carboxylic acids is 2. The van der Waals surface area contributed by atoms with E-state index in [2.05, 4.69) is 15.4 Å². The second-order valence-electron chi connectivity index (χ2n) is 9.20. The van der Waals surface area contributed by atoms with Crippen molar-refractivity contribution < 1.29 is 18.4 Å². The average Bonchev–Trinajstić information content (AvgIpc) is 3.46. The maximum atomic E-state index is 13.0. The molecule has 3 aliphatic rings. The Morgan fingerprint density at radius 3 is 2.84 bits per heavy atom. The van der Waals surface area contributed by atoms with Crippen LogP contribution in [0.5, 0.6) is 0 Å². The lowest BCUT2D eigenvalue weighted by molar-refractivity contribution is -0.117. The average molecular weight is 444 g/mol. The summed E-state index contributed by atoms with van der Waals surface area (Å²) in [5, 5.41) is 7.18. The van der Waals surface area contributed by atoms with Gasteiger partial charge in [-0.15, -0.1) is 0 Å². The molecule has 1 saturated carbocycles. The van der Waals surface area contributed by atoms with Gasteiger partial charge in [0.2, 0.25) is 5.91 Å². The minimum absolute atomic E-state index is 0.0781. The first kappa shape index (κ1) is 20.8. The van der Waals surface area contributed by atoms with Gasteiger partial charge < -0.3 is 15.1 Å². The highest BCUT2D eigenvalue weighted by Gasteiger charge is 2.46. The van der Waals surface area contributed by atoms with Gasteiger partial charge in [-0.3, -0.25) is 14.5 Å². The first-order chi connectivity index (χ1) is 15.3. The molecule has 2 fully saturated rings. The number of nitrogens with one attached hydrogen (secondary N) is 1. The lowest BCUT2D eigenvalue weighted by atomic mass is 9.85. The van der Waals surface area contributed by atoms with Gasteiger partial charge >= 0.3 is 6.03 Å². The van der Waals surface area contributed by atoms with Gasteiger partial charge in [-0.05, 0) is 37.3 Å². The van der Waals surface area contributed by atoms with Crippen LogP contribution in [0.4, 0.5) is 25.0 Å². The van der Waals surface area contributed by atoms with E-state index in [1.807, 2.05) is 16.5 Å². The van der Waals surface area contributed by atoms with Crippen LogP contribution in [0.1, 0.15) is 56.8 Å². The quantitative estimate of drug-likeness (QED) is 0.777. The number of fused-ring (bicyclic) bond motifs is 1. The van der Waals surface area contributed by atoms with Crippen LogP contribution < -0.4 is 10.2 Å². The van der Waals surface area contributed by atoms with E-state index in [1.165, 1.54) is 31.2 Å². The van der Waals surface area contributed by atoms with Crippen LogP contribution in [0.25, 0.3) is 0 Å². The lowest BCUT2D eigenvalue weighted by Gasteiger charge is -2.35. The molecule has 2 aromatic heterocycles. The summed E-state index contributed by atoms with van der Waals surface area (Å²) in [6.45, 7) is 3.40. The number of rotatable bonds is 3. The molecule has 2 aromatic rings. The second kappa shape index (κ2) is 7.83. The Bertz CT molecular complexity index is 1050. The molecule has 1 aliphatic carbocycles. The molecule has 5 rings (SSSR count). The fourth-order valence-corrected chi connectivity index (χ4v) is 5.30. The Kier molecular flexibility index (Phi) is 5.10. The van der Waals surface area contributed by atoms with Crippen molar-refractivity contribution in [3.8, 4) is 0 Å². The van der Waals surface area contributed by atoms with E-state index in [0.29, 0.717) is 19.5 Å². The highest BCUT2D eigenvalue weighted by molar-refractivity contribution is 5.97. The van der Waals surface area contributed by atoms with Crippen molar-refractivity contribution in [3.05, 3.63) is 35.9 Å². The third-order valence-corrected chi connectivity index (χ3v) is 7.01. The van der Waals surface area contributed by atoms with Gasteiger partial charge in [-0.25, -0.2) is 13.6 Å². The first-order valence-electron chi connectivity index (χ1n) is 11.0. The molecule has 0 bridgehead atoms. The third-order valence-electron chi connectivity index (χ3n) is 7.01. The fourth-order valence-electron chi connectivity index (χ4n) is 5.30. The van der Waals surface area contributed by atoms with Crippen molar-refractivity contribution in [1.29, 1.82) is 0 Å². The summed E-state index contributed by atoms with van der Waals surface area (Å²) in [6, 6.07) is 2.12. The summed E-state index contributed by atoms with van der Waals surface area (Å²) in [5.41, 5.74) is 1.55. The normalized spacial score (nSPS) is 22.1. The summed E-state index contributed by atoms with van der Waals surface area (Å²) in [7, 11) is 0. The van der Waals surface area contributed by atoms with E-state index in [4.69, 9.17) is 0 Å². The zero-order valence-electron chi connectivity index (χ0n) is 17.9. The predicted molar refractivity (Wildman–Crippen MR) is 113 cm³/mol. The van der Waals surface area contributed by atoms with E-state index in [0.717, 1.165) is 24.2 Å². The topological polar surface area (TPSA) is 83.4 Å². The molecule has 0 aromatic carbocycles. The summed E-state index contributed by atoms with van der Waals surface area (Å²) < 4.78 is 27.7. The standard InChI is InChI=1S/C22H26F2N6O2/c1-14-11-30-18(12-28(14)21(32)27-15-4-7-25-16(8-15)20(23)24)17(10-26-30)29-13-22(9-19(29)31)5-2-3-6-22/h4,7-8,10,14,20H,2-3,5-6,9,11-13H2,1H3,(H,25,27,32). The smallest absolute Gasteiger partial charge is 0.314 e. The molecule has 2 aliphatic heterocycles. The number of carbonyl (C=O) groups is 2. The zero-order chi connectivity index (χ0) is 22.5. The molecule has 8 nitrogen and oxygen atoms in total. The molecular formula is C22H26F2N6O2. The zero-order valence-corrected chi connectivity index (χ0v) is 17.9. The molecule has 1 atom stereocenters. The number of aromatic nitrogens is 3. The van der Waals surface area contributed by atoms with Crippen molar-refractivity contribution >= 4 is 23.3 Å². The summed E-state index contributed by atoms with van der Waals surface area (Å²) >= 11 is 0. The molecule has 10 heteroatoms. The molecular weight excluding hydrogens is 418 g/mol. The summed E-state index contributed by atoms with van der Waals surface area (Å²) in [4.78, 5) is 33.0. The summed E-state index contributed by atoms with van der Waals surface area (Å²) in [5.74, 6) is 0.119. The number of amides is 3. The van der Waals surface area contributed by atoms with Crippen LogP contribution >= 0.6 is 0 Å². The monoisotopic (exact) mass is 444 g/mol. The van der Waals surface area contributed by atoms with Gasteiger partial charge in [-0.2, -0.15) is 5.10 Å². The van der Waals surface area contributed by atoms with Gasteiger partial charge in [0.15, 0.2) is 0 Å². The van der Waals surface area contributed by atoms with E-state index < -0.39 is 6.43 Å². The fraction of sp³-hybridized carbons (Fsp3) is 0.545. The molecule has 32 heavy (non-hydrogen) atoms. The van der Waals surface area contributed by atoms with Gasteiger partial charge in [-0.1, -0.05) is 12.8 Å². The Morgan fingerprint density at radius 2 is 2.09 bits per heavy atom. The van der Waals surface area contributed by atoms with Gasteiger partial charge in [0.1, 0.15) is 5.69 Å². The molecule has 170 valence electrons. The molecule has 1 unspecified atom stereocenters. The third kappa shape index (κ3) is 3.61. The maximum absolute atomic E-state index is 13.0. The number of alkyl halides is 2. The number of pyridine rings is 1. The number of hydrogen-bond donors (Lipinski definition) is 1. The molecule has 3 amide bonds. The van der Waals surface area contributed by atoms with Crippen LogP contribution in [-0.2, 0) is 17.9 Å². The van der Waals surface area contributed by atoms with E-state index >= 15 is 0 Å². The van der Waals surface area contributed by atoms with Gasteiger partial charge in [0, 0.05) is 24.8 Å². The minimum atomic E-state index is -2.71. The molecule has 1 spiro atoms. The first-order valence-corrected chi connectivity index (χ1v) is 11.0. The van der Waals surface area contributed by atoms with Crippen molar-refractivity contribution in [2.45, 2.75) is 64.6 Å². The number of nitrogens with zero attached hydrogens (tertiary/aromatic N) is 5. The van der Waals surface area contributed by atoms with Crippen LogP contribution in [0.15, 0.2) is 24.5 Å². The lowest BCUT2D eigenvalue weighted by Crippen LogP contribution is -2.47. The van der Waals surface area contributed by atoms with Crippen LogP contribution in [0.3, 0.4) is 0 Å². The van der Waals surface area contributed by atoms with E-state index in [9.17, 15) is 18.4 Å². The second-order valence-corrected chi connectivity index (χ2v) is 9.20. The van der Waals surface area contributed by atoms with Crippen LogP contribution in [0, 0.1) is 5.41 Å². The van der Waals surface area contributed by atoms with Crippen molar-refractivity contribution in [3.63, 3.8) is 0 Å².